The van der Waals surface area contributed by atoms with Crippen molar-refractivity contribution in [1.82, 2.24) is 4.90 Å². The molecule has 0 spiro atoms. The summed E-state index contributed by atoms with van der Waals surface area (Å²) >= 11 is 0. The van der Waals surface area contributed by atoms with Crippen molar-refractivity contribution in [3.8, 4) is 0 Å². The molecule has 19 heavy (non-hydrogen) atoms. The number of urea groups is 1. The molecule has 0 heterocycles. The van der Waals surface area contributed by atoms with Crippen molar-refractivity contribution in [2.75, 3.05) is 24.1 Å². The largest absolute Gasteiger partial charge is 0.399 e. The molecule has 1 aromatic rings. The predicted molar refractivity (Wildman–Crippen MR) is 81.2 cm³/mol. The number of amides is 2. The van der Waals surface area contributed by atoms with Gasteiger partial charge in [-0.2, -0.15) is 0 Å². The molecule has 2 amide bonds. The van der Waals surface area contributed by atoms with Crippen molar-refractivity contribution in [3.05, 3.63) is 24.3 Å². The van der Waals surface area contributed by atoms with Crippen LogP contribution in [0.2, 0.25) is 0 Å². The van der Waals surface area contributed by atoms with Gasteiger partial charge in [0.2, 0.25) is 0 Å². The highest BCUT2D eigenvalue weighted by Crippen LogP contribution is 2.13. The van der Waals surface area contributed by atoms with Crippen molar-refractivity contribution in [3.63, 3.8) is 0 Å². The summed E-state index contributed by atoms with van der Waals surface area (Å²) in [4.78, 5) is 14.0. The third kappa shape index (κ3) is 4.81. The zero-order valence-electron chi connectivity index (χ0n) is 12.1. The van der Waals surface area contributed by atoms with E-state index in [4.69, 9.17) is 5.73 Å². The van der Waals surface area contributed by atoms with E-state index in [1.165, 1.54) is 0 Å². The molecule has 1 aromatic carbocycles. The molecule has 0 aliphatic rings. The lowest BCUT2D eigenvalue weighted by molar-refractivity contribution is 0.202. The average Bonchev–Trinajstić information content (AvgIpc) is 2.42. The van der Waals surface area contributed by atoms with Crippen LogP contribution in [0.5, 0.6) is 0 Å². The monoisotopic (exact) mass is 263 g/mol. The Bertz CT molecular complexity index is 385. The van der Waals surface area contributed by atoms with Crippen molar-refractivity contribution < 1.29 is 4.79 Å². The molecule has 4 nitrogen and oxygen atoms in total. The zero-order chi connectivity index (χ0) is 14.3. The van der Waals surface area contributed by atoms with Crippen LogP contribution < -0.4 is 11.1 Å². The SMILES string of the molecule is CCC(CC)CN(CC)C(=O)Nc1ccc(N)cc1. The first-order chi connectivity index (χ1) is 9.10. The minimum Gasteiger partial charge on any atom is -0.399 e. The summed E-state index contributed by atoms with van der Waals surface area (Å²) < 4.78 is 0. The lowest BCUT2D eigenvalue weighted by atomic mass is 10.0. The number of benzene rings is 1. The summed E-state index contributed by atoms with van der Waals surface area (Å²) in [6.45, 7) is 7.87. The summed E-state index contributed by atoms with van der Waals surface area (Å²) in [5.74, 6) is 0.567. The second kappa shape index (κ2) is 7.67. The molecule has 0 aliphatic carbocycles. The molecule has 3 N–H and O–H groups in total. The van der Waals surface area contributed by atoms with E-state index in [0.29, 0.717) is 11.6 Å². The van der Waals surface area contributed by atoms with Gasteiger partial charge in [-0.05, 0) is 37.1 Å². The van der Waals surface area contributed by atoms with Crippen LogP contribution in [0, 0.1) is 5.92 Å². The number of carbonyl (C=O) groups is 1. The van der Waals surface area contributed by atoms with Crippen LogP contribution >= 0.6 is 0 Å². The van der Waals surface area contributed by atoms with E-state index in [1.54, 1.807) is 12.1 Å². The van der Waals surface area contributed by atoms with Crippen LogP contribution in [-0.4, -0.2) is 24.0 Å². The van der Waals surface area contributed by atoms with Gasteiger partial charge in [0.25, 0.3) is 0 Å². The number of rotatable bonds is 6. The summed E-state index contributed by atoms with van der Waals surface area (Å²) in [6, 6.07) is 7.16. The molecule has 4 heteroatoms. The highest BCUT2D eigenvalue weighted by molar-refractivity contribution is 5.89. The van der Waals surface area contributed by atoms with Crippen molar-refractivity contribution in [1.29, 1.82) is 0 Å². The smallest absolute Gasteiger partial charge is 0.321 e. The Labute approximate surface area is 116 Å². The number of hydrogen-bond acceptors (Lipinski definition) is 2. The molecule has 0 aliphatic heterocycles. The lowest BCUT2D eigenvalue weighted by Gasteiger charge is -2.25. The molecule has 0 atom stereocenters. The highest BCUT2D eigenvalue weighted by atomic mass is 16.2. The normalized spacial score (nSPS) is 10.5. The lowest BCUT2D eigenvalue weighted by Crippen LogP contribution is -2.38. The molecular weight excluding hydrogens is 238 g/mol. The molecule has 0 fully saturated rings. The molecule has 106 valence electrons. The van der Waals surface area contributed by atoms with E-state index in [0.717, 1.165) is 31.6 Å². The predicted octanol–water partition coefficient (Wildman–Crippen LogP) is 3.56. The van der Waals surface area contributed by atoms with E-state index in [1.807, 2.05) is 24.0 Å². The summed E-state index contributed by atoms with van der Waals surface area (Å²) in [5, 5.41) is 2.91. The fourth-order valence-electron chi connectivity index (χ4n) is 1.98. The van der Waals surface area contributed by atoms with E-state index >= 15 is 0 Å². The van der Waals surface area contributed by atoms with Crippen molar-refractivity contribution >= 4 is 17.4 Å². The van der Waals surface area contributed by atoms with Gasteiger partial charge in [0.05, 0.1) is 0 Å². The van der Waals surface area contributed by atoms with Crippen LogP contribution in [0.25, 0.3) is 0 Å². The van der Waals surface area contributed by atoms with Crippen LogP contribution in [0.3, 0.4) is 0 Å². The standard InChI is InChI=1S/C15H25N3O/c1-4-12(5-2)11-18(6-3)15(19)17-14-9-7-13(16)8-10-14/h7-10,12H,4-6,11,16H2,1-3H3,(H,17,19). The number of nitrogens with zero attached hydrogens (tertiary/aromatic N) is 1. The van der Waals surface area contributed by atoms with Gasteiger partial charge >= 0.3 is 6.03 Å². The quantitative estimate of drug-likeness (QED) is 0.771. The van der Waals surface area contributed by atoms with Gasteiger partial charge in [-0.1, -0.05) is 26.7 Å². The first-order valence-corrected chi connectivity index (χ1v) is 7.02. The molecule has 0 unspecified atom stereocenters. The van der Waals surface area contributed by atoms with Crippen molar-refractivity contribution in [2.45, 2.75) is 33.6 Å². The summed E-state index contributed by atoms with van der Waals surface area (Å²) in [6.07, 6.45) is 2.20. The Morgan fingerprint density at radius 2 is 1.79 bits per heavy atom. The van der Waals surface area contributed by atoms with E-state index < -0.39 is 0 Å². The van der Waals surface area contributed by atoms with Crippen LogP contribution in [0.15, 0.2) is 24.3 Å². The molecule has 1 rings (SSSR count). The fraction of sp³-hybridized carbons (Fsp3) is 0.533. The van der Waals surface area contributed by atoms with Gasteiger partial charge in [-0.3, -0.25) is 0 Å². The Morgan fingerprint density at radius 1 is 1.21 bits per heavy atom. The Kier molecular flexibility index (Phi) is 6.19. The van der Waals surface area contributed by atoms with Crippen LogP contribution in [0.4, 0.5) is 16.2 Å². The number of nitrogen functional groups attached to an aromatic ring is 1. The third-order valence-corrected chi connectivity index (χ3v) is 3.46. The minimum atomic E-state index is -0.0424. The zero-order valence-corrected chi connectivity index (χ0v) is 12.1. The second-order valence-corrected chi connectivity index (χ2v) is 4.77. The molecular formula is C15H25N3O. The van der Waals surface area contributed by atoms with E-state index in [2.05, 4.69) is 19.2 Å². The number of nitrogens with one attached hydrogen (secondary N) is 1. The Morgan fingerprint density at radius 3 is 2.26 bits per heavy atom. The van der Waals surface area contributed by atoms with Crippen molar-refractivity contribution in [2.24, 2.45) is 5.92 Å². The molecule has 0 saturated heterocycles. The van der Waals surface area contributed by atoms with Gasteiger partial charge in [0.1, 0.15) is 0 Å². The molecule has 0 bridgehead atoms. The maximum absolute atomic E-state index is 12.2. The van der Waals surface area contributed by atoms with Crippen LogP contribution in [-0.2, 0) is 0 Å². The Balaban J connectivity index is 2.60. The molecule has 0 aromatic heterocycles. The van der Waals surface area contributed by atoms with Gasteiger partial charge in [0.15, 0.2) is 0 Å². The average molecular weight is 263 g/mol. The number of anilines is 2. The first kappa shape index (κ1) is 15.3. The molecule has 0 saturated carbocycles. The van der Waals surface area contributed by atoms with Gasteiger partial charge < -0.3 is 16.0 Å². The third-order valence-electron chi connectivity index (χ3n) is 3.46. The van der Waals surface area contributed by atoms with Gasteiger partial charge in [-0.25, -0.2) is 4.79 Å². The molecule has 0 radical (unpaired) electrons. The van der Waals surface area contributed by atoms with E-state index in [-0.39, 0.29) is 6.03 Å². The number of hydrogen-bond donors (Lipinski definition) is 2. The topological polar surface area (TPSA) is 58.4 Å². The minimum absolute atomic E-state index is 0.0424. The maximum atomic E-state index is 12.2. The fourth-order valence-corrected chi connectivity index (χ4v) is 1.98. The first-order valence-electron chi connectivity index (χ1n) is 7.02. The van der Waals surface area contributed by atoms with Gasteiger partial charge in [0, 0.05) is 24.5 Å². The Hall–Kier alpha value is -1.71. The maximum Gasteiger partial charge on any atom is 0.321 e. The van der Waals surface area contributed by atoms with Gasteiger partial charge in [-0.15, -0.1) is 0 Å². The number of nitrogens with two attached hydrogens (primary N) is 1. The summed E-state index contributed by atoms with van der Waals surface area (Å²) in [5.41, 5.74) is 7.10. The van der Waals surface area contributed by atoms with E-state index in [9.17, 15) is 4.79 Å². The summed E-state index contributed by atoms with van der Waals surface area (Å²) in [7, 11) is 0. The second-order valence-electron chi connectivity index (χ2n) is 4.77. The van der Waals surface area contributed by atoms with Crippen LogP contribution in [0.1, 0.15) is 33.6 Å². The number of carbonyl (C=O) groups excluding carboxylic acids is 1. The highest BCUT2D eigenvalue weighted by Gasteiger charge is 2.15.